The summed E-state index contributed by atoms with van der Waals surface area (Å²) < 4.78 is 26.7. The molecule has 0 bridgehead atoms. The molecule has 0 aliphatic carbocycles. The zero-order valence-corrected chi connectivity index (χ0v) is 12.2. The summed E-state index contributed by atoms with van der Waals surface area (Å²) in [4.78, 5) is 0. The Hall–Kier alpha value is -0.590. The van der Waals surface area contributed by atoms with Crippen molar-refractivity contribution in [3.63, 3.8) is 0 Å². The van der Waals surface area contributed by atoms with E-state index in [0.717, 1.165) is 15.6 Å². The lowest BCUT2D eigenvalue weighted by atomic mass is 10.1. The Kier molecular flexibility index (Phi) is 4.97. The first-order valence-electron chi connectivity index (χ1n) is 5.24. The van der Waals surface area contributed by atoms with Gasteiger partial charge in [-0.05, 0) is 53.4 Å². The number of aliphatic hydroxyl groups is 1. The van der Waals surface area contributed by atoms with Crippen molar-refractivity contribution in [1.29, 1.82) is 0 Å². The second-order valence-electron chi connectivity index (χ2n) is 3.94. The fourth-order valence-corrected chi connectivity index (χ4v) is 3.60. The zero-order valence-electron chi connectivity index (χ0n) is 9.83. The molecule has 2 N–H and O–H groups in total. The molecule has 0 aromatic heterocycles. The summed E-state index contributed by atoms with van der Waals surface area (Å²) in [5.74, 6) is -0.0801. The van der Waals surface area contributed by atoms with Gasteiger partial charge < -0.3 is 5.11 Å². The molecule has 0 aliphatic heterocycles. The van der Waals surface area contributed by atoms with Gasteiger partial charge in [0.25, 0.3) is 0 Å². The number of aryl methyl sites for hydroxylation is 2. The van der Waals surface area contributed by atoms with E-state index in [1.165, 1.54) is 0 Å². The molecule has 0 unspecified atom stereocenters. The molecule has 0 saturated carbocycles. The van der Waals surface area contributed by atoms with Gasteiger partial charge in [-0.25, -0.2) is 8.42 Å². The maximum atomic E-state index is 11.7. The van der Waals surface area contributed by atoms with Crippen LogP contribution in [0.3, 0.4) is 0 Å². The summed E-state index contributed by atoms with van der Waals surface area (Å²) in [7, 11) is -3.39. The number of hydrogen-bond acceptors (Lipinski definition) is 3. The predicted octanol–water partition coefficient (Wildman–Crippen LogP) is 2.19. The van der Waals surface area contributed by atoms with Crippen molar-refractivity contribution in [3.05, 3.63) is 27.7 Å². The molecule has 1 aromatic carbocycles. The molecule has 0 saturated heterocycles. The number of aliphatic hydroxyl groups excluding tert-OH is 1. The van der Waals surface area contributed by atoms with Crippen LogP contribution >= 0.6 is 15.9 Å². The van der Waals surface area contributed by atoms with E-state index in [-0.39, 0.29) is 18.8 Å². The lowest BCUT2D eigenvalue weighted by Gasteiger charge is -2.13. The van der Waals surface area contributed by atoms with Crippen LogP contribution in [0.2, 0.25) is 0 Å². The van der Waals surface area contributed by atoms with Crippen molar-refractivity contribution in [2.75, 3.05) is 17.1 Å². The highest BCUT2D eigenvalue weighted by Crippen LogP contribution is 2.28. The minimum Gasteiger partial charge on any atom is -0.396 e. The minimum atomic E-state index is -3.39. The van der Waals surface area contributed by atoms with Gasteiger partial charge in [-0.1, -0.05) is 6.07 Å². The van der Waals surface area contributed by atoms with E-state index in [1.54, 1.807) is 0 Å². The van der Waals surface area contributed by atoms with Crippen LogP contribution in [0.4, 0.5) is 5.69 Å². The van der Waals surface area contributed by atoms with Crippen molar-refractivity contribution in [2.24, 2.45) is 0 Å². The molecular formula is C11H16BrNO3S. The normalized spacial score (nSPS) is 11.5. The van der Waals surface area contributed by atoms with Crippen molar-refractivity contribution >= 4 is 31.6 Å². The summed E-state index contributed by atoms with van der Waals surface area (Å²) >= 11 is 3.34. The molecule has 0 atom stereocenters. The van der Waals surface area contributed by atoms with Crippen LogP contribution in [0.25, 0.3) is 0 Å². The smallest absolute Gasteiger partial charge is 0.232 e. The molecule has 0 radical (unpaired) electrons. The molecule has 1 aromatic rings. The van der Waals surface area contributed by atoms with Gasteiger partial charge in [-0.2, -0.15) is 0 Å². The third-order valence-electron chi connectivity index (χ3n) is 2.26. The standard InChI is InChI=1S/C11H16BrNO3S/c1-8-6-9(2)11(10(12)7-8)13-17(15,16)5-3-4-14/h6-7,13-14H,3-5H2,1-2H3. The number of rotatable bonds is 5. The number of benzene rings is 1. The van der Waals surface area contributed by atoms with Crippen LogP contribution < -0.4 is 4.72 Å². The summed E-state index contributed by atoms with van der Waals surface area (Å²) in [5, 5.41) is 8.64. The van der Waals surface area contributed by atoms with Gasteiger partial charge in [-0.15, -0.1) is 0 Å². The Labute approximate surface area is 110 Å². The maximum Gasteiger partial charge on any atom is 0.232 e. The maximum absolute atomic E-state index is 11.7. The number of hydrogen-bond donors (Lipinski definition) is 2. The third-order valence-corrected chi connectivity index (χ3v) is 4.23. The summed E-state index contributed by atoms with van der Waals surface area (Å²) in [6.45, 7) is 3.67. The summed E-state index contributed by atoms with van der Waals surface area (Å²) in [5.41, 5.74) is 2.49. The summed E-state index contributed by atoms with van der Waals surface area (Å²) in [6, 6.07) is 3.77. The van der Waals surface area contributed by atoms with Gasteiger partial charge in [0.05, 0.1) is 11.4 Å². The molecule has 0 aliphatic rings. The van der Waals surface area contributed by atoms with Crippen LogP contribution in [-0.2, 0) is 10.0 Å². The topological polar surface area (TPSA) is 66.4 Å². The monoisotopic (exact) mass is 321 g/mol. The fraction of sp³-hybridized carbons (Fsp3) is 0.455. The van der Waals surface area contributed by atoms with Crippen molar-refractivity contribution in [3.8, 4) is 0 Å². The Morgan fingerprint density at radius 3 is 2.53 bits per heavy atom. The van der Waals surface area contributed by atoms with Crippen LogP contribution in [0, 0.1) is 13.8 Å². The Bertz CT molecular complexity index is 476. The van der Waals surface area contributed by atoms with Crippen LogP contribution in [0.15, 0.2) is 16.6 Å². The Balaban J connectivity index is 2.96. The van der Waals surface area contributed by atoms with Gasteiger partial charge in [0.15, 0.2) is 0 Å². The highest BCUT2D eigenvalue weighted by molar-refractivity contribution is 9.10. The number of anilines is 1. The second kappa shape index (κ2) is 5.84. The molecular weight excluding hydrogens is 306 g/mol. The van der Waals surface area contributed by atoms with E-state index in [1.807, 2.05) is 26.0 Å². The zero-order chi connectivity index (χ0) is 13.1. The average molecular weight is 322 g/mol. The first-order valence-corrected chi connectivity index (χ1v) is 7.68. The van der Waals surface area contributed by atoms with Crippen LogP contribution in [-0.4, -0.2) is 25.9 Å². The SMILES string of the molecule is Cc1cc(C)c(NS(=O)(=O)CCCO)c(Br)c1. The van der Waals surface area contributed by atoms with Crippen molar-refractivity contribution in [2.45, 2.75) is 20.3 Å². The lowest BCUT2D eigenvalue weighted by molar-refractivity contribution is 0.295. The molecule has 1 rings (SSSR count). The van der Waals surface area contributed by atoms with Crippen LogP contribution in [0.5, 0.6) is 0 Å². The highest BCUT2D eigenvalue weighted by Gasteiger charge is 2.13. The molecule has 0 fully saturated rings. The molecule has 0 amide bonds. The fourth-order valence-electron chi connectivity index (χ4n) is 1.51. The van der Waals surface area contributed by atoms with Gasteiger partial charge in [0.1, 0.15) is 0 Å². The third kappa shape index (κ3) is 4.29. The van der Waals surface area contributed by atoms with E-state index >= 15 is 0 Å². The number of sulfonamides is 1. The van der Waals surface area contributed by atoms with Gasteiger partial charge in [0.2, 0.25) is 10.0 Å². The van der Waals surface area contributed by atoms with Gasteiger partial charge >= 0.3 is 0 Å². The lowest BCUT2D eigenvalue weighted by Crippen LogP contribution is -2.18. The predicted molar refractivity (Wildman–Crippen MR) is 72.7 cm³/mol. The minimum absolute atomic E-state index is 0.0801. The quantitative estimate of drug-likeness (QED) is 0.873. The molecule has 17 heavy (non-hydrogen) atoms. The molecule has 96 valence electrons. The highest BCUT2D eigenvalue weighted by atomic mass is 79.9. The average Bonchev–Trinajstić information content (AvgIpc) is 2.21. The number of halogens is 1. The molecule has 0 spiro atoms. The molecule has 6 heteroatoms. The van der Waals surface area contributed by atoms with Gasteiger partial charge in [-0.3, -0.25) is 4.72 Å². The van der Waals surface area contributed by atoms with Gasteiger partial charge in [0, 0.05) is 11.1 Å². The molecule has 0 heterocycles. The van der Waals surface area contributed by atoms with E-state index in [4.69, 9.17) is 5.11 Å². The van der Waals surface area contributed by atoms with Crippen molar-refractivity contribution in [1.82, 2.24) is 0 Å². The van der Waals surface area contributed by atoms with E-state index < -0.39 is 10.0 Å². The second-order valence-corrected chi connectivity index (χ2v) is 6.63. The summed E-state index contributed by atoms with van der Waals surface area (Å²) in [6.07, 6.45) is 0.234. The largest absolute Gasteiger partial charge is 0.396 e. The van der Waals surface area contributed by atoms with E-state index in [2.05, 4.69) is 20.7 Å². The van der Waals surface area contributed by atoms with E-state index in [9.17, 15) is 8.42 Å². The number of nitrogens with one attached hydrogen (secondary N) is 1. The Morgan fingerprint density at radius 2 is 2.00 bits per heavy atom. The first kappa shape index (κ1) is 14.5. The Morgan fingerprint density at radius 1 is 1.35 bits per heavy atom. The molecule has 4 nitrogen and oxygen atoms in total. The first-order chi connectivity index (χ1) is 7.85. The van der Waals surface area contributed by atoms with Crippen LogP contribution in [0.1, 0.15) is 17.5 Å². The van der Waals surface area contributed by atoms with Crippen molar-refractivity contribution < 1.29 is 13.5 Å². The van der Waals surface area contributed by atoms with E-state index in [0.29, 0.717) is 5.69 Å².